The molecule has 0 spiro atoms. The fraction of sp³-hybridized carbons (Fsp3) is 0.105. The number of nitrogens with one attached hydrogen (secondary N) is 1. The summed E-state index contributed by atoms with van der Waals surface area (Å²) in [5, 5.41) is 3.09. The molecule has 3 N–H and O–H groups in total. The molecule has 0 atom stereocenters. The summed E-state index contributed by atoms with van der Waals surface area (Å²) in [6.07, 6.45) is 1.37. The Morgan fingerprint density at radius 1 is 1.08 bits per heavy atom. The maximum absolute atomic E-state index is 11.7. The minimum atomic E-state index is -0.362. The van der Waals surface area contributed by atoms with Gasteiger partial charge in [0, 0.05) is 5.69 Å². The lowest BCUT2D eigenvalue weighted by molar-refractivity contribution is 0.0526. The molecule has 0 amide bonds. The number of aromatic nitrogens is 2. The highest BCUT2D eigenvalue weighted by atomic mass is 16.5. The minimum absolute atomic E-state index is 0.261. The molecule has 0 aliphatic rings. The molecular weight excluding hydrogens is 332 g/mol. The van der Waals surface area contributed by atoms with Gasteiger partial charge in [-0.25, -0.2) is 9.78 Å². The van der Waals surface area contributed by atoms with Gasteiger partial charge in [-0.2, -0.15) is 4.98 Å². The predicted molar refractivity (Wildman–Crippen MR) is 98.6 cm³/mol. The Morgan fingerprint density at radius 3 is 2.50 bits per heavy atom. The lowest BCUT2D eigenvalue weighted by atomic mass is 10.2. The molecule has 7 nitrogen and oxygen atoms in total. The van der Waals surface area contributed by atoms with Crippen molar-refractivity contribution in [3.05, 3.63) is 66.5 Å². The number of anilines is 3. The molecule has 0 saturated carbocycles. The van der Waals surface area contributed by atoms with Crippen molar-refractivity contribution in [2.24, 2.45) is 0 Å². The number of para-hydroxylation sites is 1. The molecule has 0 unspecified atom stereocenters. The van der Waals surface area contributed by atoms with E-state index in [1.54, 1.807) is 31.2 Å². The molecule has 26 heavy (non-hydrogen) atoms. The summed E-state index contributed by atoms with van der Waals surface area (Å²) in [5.74, 6) is 0.938. The molecule has 0 aliphatic carbocycles. The first-order valence-corrected chi connectivity index (χ1v) is 8.05. The van der Waals surface area contributed by atoms with Crippen LogP contribution in [0.1, 0.15) is 17.3 Å². The van der Waals surface area contributed by atoms with Crippen molar-refractivity contribution < 1.29 is 14.3 Å². The largest absolute Gasteiger partial charge is 0.462 e. The van der Waals surface area contributed by atoms with Crippen LogP contribution in [0, 0.1) is 0 Å². The molecular formula is C19H18N4O3. The van der Waals surface area contributed by atoms with Gasteiger partial charge in [0.1, 0.15) is 17.8 Å². The second kappa shape index (κ2) is 7.98. The Labute approximate surface area is 150 Å². The Balaban J connectivity index is 1.76. The van der Waals surface area contributed by atoms with Crippen LogP contribution in [0.25, 0.3) is 0 Å². The standard InChI is InChI=1S/C19H18N4O3/c1-2-25-19(24)13-8-10-14(11-9-13)23-17-16(20)18(22-12-21-17)26-15-6-4-3-5-7-15/h3-12H,2,20H2,1H3,(H,21,22,23). The number of nitrogen functional groups attached to an aromatic ring is 1. The summed E-state index contributed by atoms with van der Waals surface area (Å²) in [4.78, 5) is 19.9. The van der Waals surface area contributed by atoms with Gasteiger partial charge < -0.3 is 20.5 Å². The minimum Gasteiger partial charge on any atom is -0.462 e. The number of hydrogen-bond donors (Lipinski definition) is 2. The fourth-order valence-corrected chi connectivity index (χ4v) is 2.20. The normalized spacial score (nSPS) is 10.2. The van der Waals surface area contributed by atoms with E-state index in [1.807, 2.05) is 30.3 Å². The van der Waals surface area contributed by atoms with Gasteiger partial charge in [0.2, 0.25) is 5.88 Å². The second-order valence-electron chi connectivity index (χ2n) is 5.28. The van der Waals surface area contributed by atoms with Crippen LogP contribution in [-0.2, 0) is 4.74 Å². The molecule has 3 aromatic rings. The molecule has 0 aliphatic heterocycles. The van der Waals surface area contributed by atoms with Gasteiger partial charge in [0.15, 0.2) is 5.82 Å². The Hall–Kier alpha value is -3.61. The first-order chi connectivity index (χ1) is 12.7. The summed E-state index contributed by atoms with van der Waals surface area (Å²) in [6, 6.07) is 16.0. The van der Waals surface area contributed by atoms with E-state index in [1.165, 1.54) is 6.33 Å². The Morgan fingerprint density at radius 2 is 1.81 bits per heavy atom. The highest BCUT2D eigenvalue weighted by Crippen LogP contribution is 2.30. The van der Waals surface area contributed by atoms with E-state index in [-0.39, 0.29) is 17.5 Å². The van der Waals surface area contributed by atoms with E-state index in [2.05, 4.69) is 15.3 Å². The lowest BCUT2D eigenvalue weighted by Crippen LogP contribution is -2.05. The smallest absolute Gasteiger partial charge is 0.338 e. The quantitative estimate of drug-likeness (QED) is 0.653. The third-order valence-corrected chi connectivity index (χ3v) is 3.46. The summed E-state index contributed by atoms with van der Waals surface area (Å²) in [5.41, 5.74) is 7.58. The highest BCUT2D eigenvalue weighted by molar-refractivity contribution is 5.90. The zero-order valence-corrected chi connectivity index (χ0v) is 14.2. The summed E-state index contributed by atoms with van der Waals surface area (Å²) < 4.78 is 10.6. The Kier molecular flexibility index (Phi) is 5.28. The van der Waals surface area contributed by atoms with E-state index in [9.17, 15) is 4.79 Å². The molecule has 0 saturated heterocycles. The summed E-state index contributed by atoms with van der Waals surface area (Å²) in [7, 11) is 0. The van der Waals surface area contributed by atoms with Crippen molar-refractivity contribution in [3.8, 4) is 11.6 Å². The van der Waals surface area contributed by atoms with Crippen LogP contribution in [-0.4, -0.2) is 22.5 Å². The SMILES string of the molecule is CCOC(=O)c1ccc(Nc2ncnc(Oc3ccccc3)c2N)cc1. The number of rotatable bonds is 6. The first kappa shape index (κ1) is 17.2. The van der Waals surface area contributed by atoms with Gasteiger partial charge in [-0.1, -0.05) is 18.2 Å². The number of carbonyl (C=O) groups excluding carboxylic acids is 1. The van der Waals surface area contributed by atoms with Gasteiger partial charge >= 0.3 is 5.97 Å². The van der Waals surface area contributed by atoms with Crippen LogP contribution < -0.4 is 15.8 Å². The Bertz CT molecular complexity index is 883. The van der Waals surface area contributed by atoms with Crippen molar-refractivity contribution in [1.29, 1.82) is 0 Å². The number of carbonyl (C=O) groups is 1. The van der Waals surface area contributed by atoms with Crippen LogP contribution in [0.2, 0.25) is 0 Å². The monoisotopic (exact) mass is 350 g/mol. The summed E-state index contributed by atoms with van der Waals surface area (Å²) in [6.45, 7) is 2.10. The first-order valence-electron chi connectivity index (χ1n) is 8.05. The maximum Gasteiger partial charge on any atom is 0.338 e. The van der Waals surface area contributed by atoms with Gasteiger partial charge in [0.05, 0.1) is 12.2 Å². The number of nitrogens with zero attached hydrogens (tertiary/aromatic N) is 2. The average molecular weight is 350 g/mol. The third kappa shape index (κ3) is 4.07. The number of benzene rings is 2. The zero-order valence-electron chi connectivity index (χ0n) is 14.2. The molecule has 1 heterocycles. The molecule has 0 fully saturated rings. The van der Waals surface area contributed by atoms with Gasteiger partial charge in [-0.15, -0.1) is 0 Å². The van der Waals surface area contributed by atoms with Crippen LogP contribution in [0.4, 0.5) is 17.2 Å². The topological polar surface area (TPSA) is 99.4 Å². The van der Waals surface area contributed by atoms with Gasteiger partial charge in [-0.3, -0.25) is 0 Å². The van der Waals surface area contributed by atoms with E-state index in [0.29, 0.717) is 29.4 Å². The van der Waals surface area contributed by atoms with E-state index < -0.39 is 0 Å². The number of hydrogen-bond acceptors (Lipinski definition) is 7. The van der Waals surface area contributed by atoms with Crippen molar-refractivity contribution in [2.75, 3.05) is 17.7 Å². The van der Waals surface area contributed by atoms with Crippen molar-refractivity contribution >= 4 is 23.2 Å². The fourth-order valence-electron chi connectivity index (χ4n) is 2.20. The number of esters is 1. The maximum atomic E-state index is 11.7. The van der Waals surface area contributed by atoms with Crippen molar-refractivity contribution in [2.45, 2.75) is 6.92 Å². The molecule has 3 rings (SSSR count). The number of ether oxygens (including phenoxy) is 2. The number of nitrogens with two attached hydrogens (primary N) is 1. The van der Waals surface area contributed by atoms with E-state index in [0.717, 1.165) is 0 Å². The zero-order chi connectivity index (χ0) is 18.4. The molecule has 132 valence electrons. The molecule has 0 radical (unpaired) electrons. The lowest BCUT2D eigenvalue weighted by Gasteiger charge is -2.12. The van der Waals surface area contributed by atoms with Crippen LogP contribution in [0.5, 0.6) is 11.6 Å². The van der Waals surface area contributed by atoms with E-state index >= 15 is 0 Å². The van der Waals surface area contributed by atoms with Crippen molar-refractivity contribution in [1.82, 2.24) is 9.97 Å². The van der Waals surface area contributed by atoms with Gasteiger partial charge in [-0.05, 0) is 43.3 Å². The van der Waals surface area contributed by atoms with Gasteiger partial charge in [0.25, 0.3) is 0 Å². The molecule has 2 aromatic carbocycles. The third-order valence-electron chi connectivity index (χ3n) is 3.46. The predicted octanol–water partition coefficient (Wildman–Crippen LogP) is 3.77. The highest BCUT2D eigenvalue weighted by Gasteiger charge is 2.11. The molecule has 1 aromatic heterocycles. The van der Waals surface area contributed by atoms with E-state index in [4.69, 9.17) is 15.2 Å². The second-order valence-corrected chi connectivity index (χ2v) is 5.28. The molecule has 0 bridgehead atoms. The molecule has 7 heteroatoms. The summed E-state index contributed by atoms with van der Waals surface area (Å²) >= 11 is 0. The van der Waals surface area contributed by atoms with Crippen LogP contribution >= 0.6 is 0 Å². The van der Waals surface area contributed by atoms with Crippen LogP contribution in [0.3, 0.4) is 0 Å². The average Bonchev–Trinajstić information content (AvgIpc) is 2.66. The van der Waals surface area contributed by atoms with Crippen molar-refractivity contribution in [3.63, 3.8) is 0 Å². The van der Waals surface area contributed by atoms with Crippen LogP contribution in [0.15, 0.2) is 60.9 Å².